The molecular formula is C19H12ClF2N3OS. The Morgan fingerprint density at radius 3 is 2.78 bits per heavy atom. The van der Waals surface area contributed by atoms with Crippen LogP contribution in [-0.4, -0.2) is 9.97 Å². The number of aromatic amines is 1. The maximum Gasteiger partial charge on any atom is 0.248 e. The van der Waals surface area contributed by atoms with E-state index in [1.165, 1.54) is 23.5 Å². The number of hydrogen-bond acceptors (Lipinski definition) is 4. The van der Waals surface area contributed by atoms with Gasteiger partial charge >= 0.3 is 0 Å². The van der Waals surface area contributed by atoms with Crippen molar-refractivity contribution in [3.8, 4) is 0 Å². The second kappa shape index (κ2) is 7.09. The van der Waals surface area contributed by atoms with Crippen molar-refractivity contribution in [2.24, 2.45) is 0 Å². The summed E-state index contributed by atoms with van der Waals surface area (Å²) in [7, 11) is 0. The van der Waals surface area contributed by atoms with E-state index in [2.05, 4.69) is 9.97 Å². The van der Waals surface area contributed by atoms with E-state index in [1.54, 1.807) is 18.3 Å². The number of H-pyrrole nitrogens is 1. The van der Waals surface area contributed by atoms with Crippen molar-refractivity contribution in [2.45, 2.75) is 6.54 Å². The zero-order valence-electron chi connectivity index (χ0n) is 13.7. The average Bonchev–Trinajstić information content (AvgIpc) is 3.17. The van der Waals surface area contributed by atoms with Crippen LogP contribution in [0.4, 0.5) is 19.6 Å². The topological polar surface area (TPSA) is 49.0 Å². The van der Waals surface area contributed by atoms with Crippen molar-refractivity contribution in [1.29, 1.82) is 0 Å². The van der Waals surface area contributed by atoms with Crippen LogP contribution in [0.2, 0.25) is 5.02 Å². The second-order valence-corrected chi connectivity index (χ2v) is 7.13. The first-order valence-electron chi connectivity index (χ1n) is 7.95. The molecule has 2 aromatic heterocycles. The molecule has 4 aromatic rings. The first kappa shape index (κ1) is 17.6. The summed E-state index contributed by atoms with van der Waals surface area (Å²) in [6.07, 6.45) is 1.67. The minimum atomic E-state index is -1.07. The lowest BCUT2D eigenvalue weighted by atomic mass is 10.1. The molecule has 0 atom stereocenters. The number of rotatable bonds is 4. The van der Waals surface area contributed by atoms with Crippen LogP contribution in [0.25, 0.3) is 10.9 Å². The van der Waals surface area contributed by atoms with Crippen molar-refractivity contribution >= 4 is 44.7 Å². The number of halogens is 3. The van der Waals surface area contributed by atoms with E-state index in [4.69, 9.17) is 11.6 Å². The minimum absolute atomic E-state index is 0.150. The van der Waals surface area contributed by atoms with Gasteiger partial charge in [-0.25, -0.2) is 13.8 Å². The zero-order valence-corrected chi connectivity index (χ0v) is 15.3. The molecule has 0 spiro atoms. The van der Waals surface area contributed by atoms with Crippen LogP contribution in [0.3, 0.4) is 0 Å². The quantitative estimate of drug-likeness (QED) is 0.506. The fourth-order valence-electron chi connectivity index (χ4n) is 2.90. The van der Waals surface area contributed by atoms with Crippen molar-refractivity contribution in [2.75, 3.05) is 4.90 Å². The first-order valence-corrected chi connectivity index (χ1v) is 9.21. The number of nitrogens with one attached hydrogen (secondary N) is 1. The Bertz CT molecular complexity index is 1180. The highest BCUT2D eigenvalue weighted by molar-refractivity contribution is 7.13. The predicted molar refractivity (Wildman–Crippen MR) is 104 cm³/mol. The van der Waals surface area contributed by atoms with Gasteiger partial charge in [0.25, 0.3) is 0 Å². The van der Waals surface area contributed by atoms with Gasteiger partial charge in [-0.15, -0.1) is 11.3 Å². The van der Waals surface area contributed by atoms with Gasteiger partial charge < -0.3 is 9.88 Å². The zero-order chi connectivity index (χ0) is 19.0. The number of thiazole rings is 1. The van der Waals surface area contributed by atoms with E-state index in [0.717, 1.165) is 11.8 Å². The Hall–Kier alpha value is -2.77. The molecule has 0 aliphatic carbocycles. The molecule has 0 fully saturated rings. The molecular weight excluding hydrogens is 392 g/mol. The molecule has 4 nitrogen and oxygen atoms in total. The van der Waals surface area contributed by atoms with Gasteiger partial charge in [0.1, 0.15) is 0 Å². The summed E-state index contributed by atoms with van der Waals surface area (Å²) < 4.78 is 27.7. The molecule has 27 heavy (non-hydrogen) atoms. The van der Waals surface area contributed by atoms with Gasteiger partial charge in [0.2, 0.25) is 5.56 Å². The lowest BCUT2D eigenvalue weighted by Gasteiger charge is -2.23. The summed E-state index contributed by atoms with van der Waals surface area (Å²) in [6, 6.07) is 11.1. The molecule has 0 saturated carbocycles. The van der Waals surface area contributed by atoms with Crippen molar-refractivity contribution in [3.05, 3.63) is 86.6 Å². The normalized spacial score (nSPS) is 11.1. The van der Waals surface area contributed by atoms with E-state index in [-0.39, 0.29) is 12.1 Å². The van der Waals surface area contributed by atoms with Crippen molar-refractivity contribution in [3.63, 3.8) is 0 Å². The number of nitrogens with zero attached hydrogens (tertiary/aromatic N) is 2. The van der Waals surface area contributed by atoms with Crippen LogP contribution in [0, 0.1) is 11.6 Å². The van der Waals surface area contributed by atoms with Gasteiger partial charge in [-0.3, -0.25) is 4.79 Å². The van der Waals surface area contributed by atoms with Crippen LogP contribution in [-0.2, 0) is 6.54 Å². The van der Waals surface area contributed by atoms with E-state index in [0.29, 0.717) is 21.1 Å². The summed E-state index contributed by atoms with van der Waals surface area (Å²) >= 11 is 7.54. The summed E-state index contributed by atoms with van der Waals surface area (Å²) in [5.41, 5.74) is 0.658. The molecule has 0 unspecified atom stereocenters. The molecule has 0 aliphatic rings. The fourth-order valence-corrected chi connectivity index (χ4v) is 3.75. The molecule has 0 saturated heterocycles. The third-order valence-corrected chi connectivity index (χ3v) is 5.12. The molecule has 0 radical (unpaired) electrons. The number of pyridine rings is 1. The van der Waals surface area contributed by atoms with Gasteiger partial charge in [-0.1, -0.05) is 17.7 Å². The fraction of sp³-hybridized carbons (Fsp3) is 0.0526. The Balaban J connectivity index is 1.87. The first-order chi connectivity index (χ1) is 13.0. The molecule has 136 valence electrons. The van der Waals surface area contributed by atoms with E-state index in [9.17, 15) is 13.6 Å². The molecule has 0 amide bonds. The third-order valence-electron chi connectivity index (χ3n) is 4.09. The molecule has 2 aromatic carbocycles. The number of aromatic nitrogens is 2. The summed E-state index contributed by atoms with van der Waals surface area (Å²) in [4.78, 5) is 20.6. The van der Waals surface area contributed by atoms with Crippen LogP contribution in [0.5, 0.6) is 0 Å². The maximum absolute atomic E-state index is 14.2. The van der Waals surface area contributed by atoms with Crippen LogP contribution < -0.4 is 10.5 Å². The molecule has 0 bridgehead atoms. The van der Waals surface area contributed by atoms with Gasteiger partial charge in [0.05, 0.1) is 12.1 Å². The molecule has 1 N–H and O–H groups in total. The Morgan fingerprint density at radius 2 is 2.04 bits per heavy atom. The highest BCUT2D eigenvalue weighted by Gasteiger charge is 2.17. The number of hydrogen-bond donors (Lipinski definition) is 1. The molecule has 8 heteroatoms. The van der Waals surface area contributed by atoms with Gasteiger partial charge in [-0.05, 0) is 35.9 Å². The standard InChI is InChI=1S/C19H12ClF2N3OS/c20-12-2-1-3-13(9-12)25(19-23-6-7-27-19)10-11-8-16(26)24-18-14(11)4-5-15(21)17(18)22/h1-9H,10H2,(H,24,26). The highest BCUT2D eigenvalue weighted by Crippen LogP contribution is 2.32. The number of anilines is 2. The predicted octanol–water partition coefficient (Wildman–Crippen LogP) is 5.25. The van der Waals surface area contributed by atoms with E-state index >= 15 is 0 Å². The van der Waals surface area contributed by atoms with Crippen LogP contribution in [0.15, 0.2) is 58.8 Å². The number of fused-ring (bicyclic) bond motifs is 1. The Labute approximate surface area is 161 Å². The Morgan fingerprint density at radius 1 is 1.19 bits per heavy atom. The SMILES string of the molecule is O=c1cc(CN(c2cccc(Cl)c2)c2nccs2)c2ccc(F)c(F)c2[nH]1. The summed E-state index contributed by atoms with van der Waals surface area (Å²) in [5, 5.41) is 3.50. The number of benzene rings is 2. The van der Waals surface area contributed by atoms with E-state index < -0.39 is 17.2 Å². The minimum Gasteiger partial charge on any atom is -0.319 e. The smallest absolute Gasteiger partial charge is 0.248 e. The second-order valence-electron chi connectivity index (χ2n) is 5.82. The van der Waals surface area contributed by atoms with Crippen LogP contribution >= 0.6 is 22.9 Å². The average molecular weight is 404 g/mol. The molecule has 4 rings (SSSR count). The maximum atomic E-state index is 14.2. The Kier molecular flexibility index (Phi) is 4.63. The van der Waals surface area contributed by atoms with Crippen molar-refractivity contribution in [1.82, 2.24) is 9.97 Å². The largest absolute Gasteiger partial charge is 0.319 e. The van der Waals surface area contributed by atoms with Gasteiger partial charge in [0, 0.05) is 33.7 Å². The monoisotopic (exact) mass is 403 g/mol. The van der Waals surface area contributed by atoms with Gasteiger partial charge in [-0.2, -0.15) is 0 Å². The highest BCUT2D eigenvalue weighted by atomic mass is 35.5. The summed E-state index contributed by atoms with van der Waals surface area (Å²) in [5.74, 6) is -2.09. The molecule has 0 aliphatic heterocycles. The lowest BCUT2D eigenvalue weighted by molar-refractivity contribution is 0.515. The lowest BCUT2D eigenvalue weighted by Crippen LogP contribution is -2.19. The summed E-state index contributed by atoms with van der Waals surface area (Å²) in [6.45, 7) is 0.235. The van der Waals surface area contributed by atoms with Gasteiger partial charge in [0.15, 0.2) is 16.8 Å². The molecule has 2 heterocycles. The third kappa shape index (κ3) is 3.43. The van der Waals surface area contributed by atoms with Crippen molar-refractivity contribution < 1.29 is 8.78 Å². The van der Waals surface area contributed by atoms with E-state index in [1.807, 2.05) is 22.4 Å². The van der Waals surface area contributed by atoms with Crippen LogP contribution in [0.1, 0.15) is 5.56 Å².